The van der Waals surface area contributed by atoms with Crippen LogP contribution in [0.25, 0.3) is 0 Å². The molecule has 0 spiro atoms. The minimum atomic E-state index is -1.01. The molecule has 2 rings (SSSR count). The first-order chi connectivity index (χ1) is 9.13. The topological polar surface area (TPSA) is 90.7 Å². The molecule has 1 saturated heterocycles. The fourth-order valence-corrected chi connectivity index (χ4v) is 3.06. The highest BCUT2D eigenvalue weighted by Crippen LogP contribution is 2.32. The molecule has 3 atom stereocenters. The molecule has 1 unspecified atom stereocenters. The number of carbonyl (C=O) groups excluding carboxylic acids is 2. The standard InChI is InChI=1S/C13H22N2O4/c1-18-12(17)13(5-6-19-8-13)15-11(16)10-4-2-3-9(10)7-14/h9-10H,2-8,14H2,1H3,(H,15,16)/t9-,10-,13?/m1/s1. The Morgan fingerprint density at radius 3 is 2.84 bits per heavy atom. The lowest BCUT2D eigenvalue weighted by Crippen LogP contribution is -2.57. The Morgan fingerprint density at radius 2 is 2.26 bits per heavy atom. The molecule has 0 radical (unpaired) electrons. The van der Waals surface area contributed by atoms with E-state index in [9.17, 15) is 9.59 Å². The van der Waals surface area contributed by atoms with Crippen molar-refractivity contribution in [1.82, 2.24) is 5.32 Å². The molecule has 0 aromatic heterocycles. The highest BCUT2D eigenvalue weighted by Gasteiger charge is 2.46. The van der Waals surface area contributed by atoms with Crippen LogP contribution in [0.4, 0.5) is 0 Å². The maximum absolute atomic E-state index is 12.4. The third-order valence-electron chi connectivity index (χ3n) is 4.26. The van der Waals surface area contributed by atoms with Gasteiger partial charge in [-0.15, -0.1) is 0 Å². The fraction of sp³-hybridized carbons (Fsp3) is 0.846. The largest absolute Gasteiger partial charge is 0.467 e. The van der Waals surface area contributed by atoms with Crippen LogP contribution in [0.1, 0.15) is 25.7 Å². The third kappa shape index (κ3) is 2.74. The van der Waals surface area contributed by atoms with Gasteiger partial charge in [-0.3, -0.25) is 4.79 Å². The molecule has 3 N–H and O–H groups in total. The van der Waals surface area contributed by atoms with E-state index in [0.717, 1.165) is 19.3 Å². The number of esters is 1. The van der Waals surface area contributed by atoms with E-state index >= 15 is 0 Å². The van der Waals surface area contributed by atoms with E-state index in [2.05, 4.69) is 5.32 Å². The quantitative estimate of drug-likeness (QED) is 0.691. The molecular weight excluding hydrogens is 248 g/mol. The molecule has 1 aliphatic carbocycles. The third-order valence-corrected chi connectivity index (χ3v) is 4.26. The van der Waals surface area contributed by atoms with Gasteiger partial charge in [-0.2, -0.15) is 0 Å². The molecule has 6 heteroatoms. The minimum Gasteiger partial charge on any atom is -0.467 e. The fourth-order valence-electron chi connectivity index (χ4n) is 3.06. The number of hydrogen-bond acceptors (Lipinski definition) is 5. The van der Waals surface area contributed by atoms with Gasteiger partial charge >= 0.3 is 5.97 Å². The number of nitrogens with one attached hydrogen (secondary N) is 1. The van der Waals surface area contributed by atoms with Gasteiger partial charge in [0.15, 0.2) is 5.54 Å². The zero-order chi connectivity index (χ0) is 13.9. The predicted molar refractivity (Wildman–Crippen MR) is 68.2 cm³/mol. The Morgan fingerprint density at radius 1 is 1.47 bits per heavy atom. The Balaban J connectivity index is 2.05. The normalized spacial score (nSPS) is 34.2. The van der Waals surface area contributed by atoms with Crippen LogP contribution in [0.2, 0.25) is 0 Å². The smallest absolute Gasteiger partial charge is 0.334 e. The highest BCUT2D eigenvalue weighted by atomic mass is 16.5. The molecule has 1 saturated carbocycles. The van der Waals surface area contributed by atoms with Crippen LogP contribution in [0.3, 0.4) is 0 Å². The minimum absolute atomic E-state index is 0.0906. The number of nitrogens with two attached hydrogens (primary N) is 1. The molecule has 2 fully saturated rings. The van der Waals surface area contributed by atoms with Crippen LogP contribution in [-0.4, -0.2) is 44.3 Å². The zero-order valence-corrected chi connectivity index (χ0v) is 11.3. The Kier molecular flexibility index (Phi) is 4.42. The summed E-state index contributed by atoms with van der Waals surface area (Å²) in [6, 6.07) is 0. The lowest BCUT2D eigenvalue weighted by atomic mass is 9.92. The van der Waals surface area contributed by atoms with Crippen molar-refractivity contribution >= 4 is 11.9 Å². The molecule has 1 aliphatic heterocycles. The van der Waals surface area contributed by atoms with Crippen molar-refractivity contribution in [3.63, 3.8) is 0 Å². The van der Waals surface area contributed by atoms with Crippen LogP contribution >= 0.6 is 0 Å². The maximum atomic E-state index is 12.4. The van der Waals surface area contributed by atoms with Gasteiger partial charge < -0.3 is 20.5 Å². The monoisotopic (exact) mass is 270 g/mol. The van der Waals surface area contributed by atoms with E-state index in [1.54, 1.807) is 0 Å². The Hall–Kier alpha value is -1.14. The average molecular weight is 270 g/mol. The van der Waals surface area contributed by atoms with Crippen LogP contribution in [0.5, 0.6) is 0 Å². The van der Waals surface area contributed by atoms with Gasteiger partial charge in [0.05, 0.1) is 13.7 Å². The predicted octanol–water partition coefficient (Wildman–Crippen LogP) is -0.190. The molecule has 6 nitrogen and oxygen atoms in total. The second-order valence-corrected chi connectivity index (χ2v) is 5.40. The van der Waals surface area contributed by atoms with Gasteiger partial charge in [0.25, 0.3) is 0 Å². The van der Waals surface area contributed by atoms with Crippen LogP contribution < -0.4 is 11.1 Å². The Labute approximate surface area is 113 Å². The zero-order valence-electron chi connectivity index (χ0n) is 11.3. The number of carbonyl (C=O) groups is 2. The van der Waals surface area contributed by atoms with Gasteiger partial charge in [-0.1, -0.05) is 6.42 Å². The van der Waals surface area contributed by atoms with Gasteiger partial charge in [0, 0.05) is 18.9 Å². The van der Waals surface area contributed by atoms with E-state index in [1.807, 2.05) is 0 Å². The summed E-state index contributed by atoms with van der Waals surface area (Å²) < 4.78 is 10.1. The summed E-state index contributed by atoms with van der Waals surface area (Å²) in [5, 5.41) is 2.86. The lowest BCUT2D eigenvalue weighted by Gasteiger charge is -2.28. The van der Waals surface area contributed by atoms with Crippen molar-refractivity contribution in [2.24, 2.45) is 17.6 Å². The molecule has 0 bridgehead atoms. The molecule has 108 valence electrons. The number of rotatable bonds is 4. The first-order valence-corrected chi connectivity index (χ1v) is 6.81. The molecule has 1 amide bonds. The summed E-state index contributed by atoms with van der Waals surface area (Å²) >= 11 is 0. The second-order valence-electron chi connectivity index (χ2n) is 5.40. The van der Waals surface area contributed by atoms with E-state index in [1.165, 1.54) is 7.11 Å². The van der Waals surface area contributed by atoms with Crippen LogP contribution in [0.15, 0.2) is 0 Å². The second kappa shape index (κ2) is 5.88. The number of ether oxygens (including phenoxy) is 2. The summed E-state index contributed by atoms with van der Waals surface area (Å²) in [5.41, 5.74) is 4.69. The molecule has 0 aromatic carbocycles. The van der Waals surface area contributed by atoms with Gasteiger partial charge in [-0.25, -0.2) is 4.79 Å². The maximum Gasteiger partial charge on any atom is 0.334 e. The summed E-state index contributed by atoms with van der Waals surface area (Å²) in [7, 11) is 1.33. The van der Waals surface area contributed by atoms with Crippen LogP contribution in [0, 0.1) is 11.8 Å². The SMILES string of the molecule is COC(=O)C1(NC(=O)[C@@H]2CCC[C@@H]2CN)CCOC1. The molecular formula is C13H22N2O4. The summed E-state index contributed by atoms with van der Waals surface area (Å²) in [6.45, 7) is 1.16. The van der Waals surface area contributed by atoms with Crippen molar-refractivity contribution in [2.75, 3.05) is 26.9 Å². The van der Waals surface area contributed by atoms with Gasteiger partial charge in [0.2, 0.25) is 5.91 Å². The van der Waals surface area contributed by atoms with Crippen molar-refractivity contribution < 1.29 is 19.1 Å². The first kappa shape index (κ1) is 14.3. The van der Waals surface area contributed by atoms with E-state index in [0.29, 0.717) is 19.6 Å². The number of amides is 1. The summed E-state index contributed by atoms with van der Waals surface area (Å²) in [6.07, 6.45) is 3.30. The van der Waals surface area contributed by atoms with Gasteiger partial charge in [-0.05, 0) is 25.3 Å². The van der Waals surface area contributed by atoms with Crippen molar-refractivity contribution in [1.29, 1.82) is 0 Å². The lowest BCUT2D eigenvalue weighted by molar-refractivity contribution is -0.151. The molecule has 19 heavy (non-hydrogen) atoms. The first-order valence-electron chi connectivity index (χ1n) is 6.81. The van der Waals surface area contributed by atoms with Crippen molar-refractivity contribution in [3.8, 4) is 0 Å². The average Bonchev–Trinajstić information content (AvgIpc) is 3.06. The molecule has 1 heterocycles. The van der Waals surface area contributed by atoms with E-state index < -0.39 is 11.5 Å². The van der Waals surface area contributed by atoms with Crippen LogP contribution in [-0.2, 0) is 19.1 Å². The van der Waals surface area contributed by atoms with Crippen molar-refractivity contribution in [3.05, 3.63) is 0 Å². The van der Waals surface area contributed by atoms with E-state index in [-0.39, 0.29) is 24.3 Å². The Bertz CT molecular complexity index is 353. The summed E-state index contributed by atoms with van der Waals surface area (Å²) in [5.74, 6) is -0.395. The number of methoxy groups -OCH3 is 1. The van der Waals surface area contributed by atoms with Crippen molar-refractivity contribution in [2.45, 2.75) is 31.2 Å². The number of hydrogen-bond donors (Lipinski definition) is 2. The van der Waals surface area contributed by atoms with Gasteiger partial charge in [0.1, 0.15) is 0 Å². The molecule has 2 aliphatic rings. The molecule has 0 aromatic rings. The summed E-state index contributed by atoms with van der Waals surface area (Å²) in [4.78, 5) is 24.3. The highest BCUT2D eigenvalue weighted by molar-refractivity contribution is 5.89. The van der Waals surface area contributed by atoms with E-state index in [4.69, 9.17) is 15.2 Å².